The van der Waals surface area contributed by atoms with Gasteiger partial charge < -0.3 is 14.8 Å². The second kappa shape index (κ2) is 9.03. The van der Waals surface area contributed by atoms with Gasteiger partial charge in [0.15, 0.2) is 0 Å². The SMILES string of the molecule is O=C(NCc1ccco1)c1c(N=Cc2cc(Br)c(O)c([N+](=O)[O-])c2)sc2c1CCCC2. The van der Waals surface area contributed by atoms with E-state index in [1.807, 2.05) is 0 Å². The summed E-state index contributed by atoms with van der Waals surface area (Å²) in [5, 5.41) is 24.5. The topological polar surface area (TPSA) is 118 Å². The van der Waals surface area contributed by atoms with Crippen molar-refractivity contribution >= 4 is 50.1 Å². The van der Waals surface area contributed by atoms with E-state index in [0.29, 0.717) is 21.9 Å². The molecule has 10 heteroatoms. The minimum Gasteiger partial charge on any atom is -0.501 e. The largest absolute Gasteiger partial charge is 0.501 e. The zero-order valence-corrected chi connectivity index (χ0v) is 18.7. The quantitative estimate of drug-likeness (QED) is 0.269. The number of thiophene rings is 1. The monoisotopic (exact) mass is 503 g/mol. The highest BCUT2D eigenvalue weighted by molar-refractivity contribution is 9.10. The molecule has 0 spiro atoms. The van der Waals surface area contributed by atoms with E-state index in [2.05, 4.69) is 26.2 Å². The number of nitrogens with zero attached hydrogens (tertiary/aromatic N) is 2. The number of benzene rings is 1. The molecule has 2 aromatic heterocycles. The second-order valence-electron chi connectivity index (χ2n) is 7.04. The van der Waals surface area contributed by atoms with Crippen molar-refractivity contribution in [3.8, 4) is 5.75 Å². The molecule has 1 aliphatic carbocycles. The normalized spacial score (nSPS) is 13.3. The maximum absolute atomic E-state index is 13.0. The molecule has 160 valence electrons. The first-order chi connectivity index (χ1) is 14.9. The zero-order chi connectivity index (χ0) is 22.0. The van der Waals surface area contributed by atoms with Gasteiger partial charge >= 0.3 is 5.69 Å². The van der Waals surface area contributed by atoms with Gasteiger partial charge in [-0.05, 0) is 65.4 Å². The van der Waals surface area contributed by atoms with Crippen molar-refractivity contribution in [3.05, 3.63) is 72.4 Å². The molecule has 2 N–H and O–H groups in total. The van der Waals surface area contributed by atoms with Gasteiger partial charge in [-0.1, -0.05) is 0 Å². The van der Waals surface area contributed by atoms with Crippen LogP contribution in [0.2, 0.25) is 0 Å². The lowest BCUT2D eigenvalue weighted by atomic mass is 9.95. The first-order valence-electron chi connectivity index (χ1n) is 9.60. The van der Waals surface area contributed by atoms with Gasteiger partial charge in [0.1, 0.15) is 10.8 Å². The summed E-state index contributed by atoms with van der Waals surface area (Å²) in [7, 11) is 0. The summed E-state index contributed by atoms with van der Waals surface area (Å²) in [6, 6.07) is 6.33. The van der Waals surface area contributed by atoms with Crippen LogP contribution in [0.1, 0.15) is 45.0 Å². The highest BCUT2D eigenvalue weighted by Crippen LogP contribution is 2.40. The molecule has 0 atom stereocenters. The number of furan rings is 1. The standard InChI is InChI=1S/C21H18BrN3O5S/c22-15-8-12(9-16(19(15)26)25(28)29)10-24-21-18(14-5-1-2-6-17(14)31-21)20(27)23-11-13-4-3-7-30-13/h3-4,7-10,26H,1-2,5-6,11H2,(H,23,27). The Morgan fingerprint density at radius 3 is 2.94 bits per heavy atom. The predicted molar refractivity (Wildman–Crippen MR) is 121 cm³/mol. The molecule has 31 heavy (non-hydrogen) atoms. The third kappa shape index (κ3) is 4.54. The van der Waals surface area contributed by atoms with Crippen LogP contribution in [0.3, 0.4) is 0 Å². The van der Waals surface area contributed by atoms with Gasteiger partial charge in [0.2, 0.25) is 5.75 Å². The zero-order valence-electron chi connectivity index (χ0n) is 16.3. The number of hydrogen-bond donors (Lipinski definition) is 2. The number of phenolic OH excluding ortho intramolecular Hbond substituents is 1. The molecule has 0 saturated heterocycles. The molecule has 3 aromatic rings. The number of aromatic hydroxyl groups is 1. The summed E-state index contributed by atoms with van der Waals surface area (Å²) in [4.78, 5) is 29.2. The maximum atomic E-state index is 13.0. The van der Waals surface area contributed by atoms with Crippen molar-refractivity contribution in [1.82, 2.24) is 5.32 Å². The lowest BCUT2D eigenvalue weighted by molar-refractivity contribution is -0.386. The first kappa shape index (κ1) is 21.3. The van der Waals surface area contributed by atoms with Gasteiger partial charge in [0, 0.05) is 22.7 Å². The predicted octanol–water partition coefficient (Wildman–Crippen LogP) is 5.28. The number of fused-ring (bicyclic) bond motifs is 1. The third-order valence-corrected chi connectivity index (χ3v) is 6.78. The molecule has 2 heterocycles. The van der Waals surface area contributed by atoms with E-state index in [9.17, 15) is 20.0 Å². The van der Waals surface area contributed by atoms with Crippen molar-refractivity contribution in [2.45, 2.75) is 32.2 Å². The van der Waals surface area contributed by atoms with Crippen LogP contribution in [0, 0.1) is 10.1 Å². The molecule has 1 amide bonds. The Labute approximate surface area is 189 Å². The third-order valence-electron chi connectivity index (χ3n) is 4.98. The smallest absolute Gasteiger partial charge is 0.312 e. The van der Waals surface area contributed by atoms with E-state index in [4.69, 9.17) is 4.42 Å². The van der Waals surface area contributed by atoms with Gasteiger partial charge in [-0.3, -0.25) is 14.9 Å². The number of phenols is 1. The lowest BCUT2D eigenvalue weighted by Crippen LogP contribution is -2.23. The average molecular weight is 504 g/mol. The van der Waals surface area contributed by atoms with Gasteiger partial charge in [0.25, 0.3) is 5.91 Å². The van der Waals surface area contributed by atoms with Crippen LogP contribution in [0.4, 0.5) is 10.7 Å². The fourth-order valence-electron chi connectivity index (χ4n) is 3.50. The number of nitro groups is 1. The molecule has 4 rings (SSSR count). The lowest BCUT2D eigenvalue weighted by Gasteiger charge is -2.12. The molecule has 0 aliphatic heterocycles. The van der Waals surface area contributed by atoms with Crippen molar-refractivity contribution in [2.75, 3.05) is 0 Å². The summed E-state index contributed by atoms with van der Waals surface area (Å²) >= 11 is 4.60. The summed E-state index contributed by atoms with van der Waals surface area (Å²) < 4.78 is 5.48. The Morgan fingerprint density at radius 1 is 1.39 bits per heavy atom. The number of aliphatic imine (C=N–C) groups is 1. The highest BCUT2D eigenvalue weighted by atomic mass is 79.9. The van der Waals surface area contributed by atoms with Crippen molar-refractivity contribution in [2.24, 2.45) is 4.99 Å². The van der Waals surface area contributed by atoms with Crippen LogP contribution in [-0.4, -0.2) is 22.2 Å². The highest BCUT2D eigenvalue weighted by Gasteiger charge is 2.25. The van der Waals surface area contributed by atoms with Crippen LogP contribution in [0.15, 0.2) is 44.4 Å². The Bertz CT molecular complexity index is 1170. The molecule has 0 saturated carbocycles. The van der Waals surface area contributed by atoms with Crippen LogP contribution in [-0.2, 0) is 19.4 Å². The number of aryl methyl sites for hydroxylation is 1. The molecular formula is C21H18BrN3O5S. The van der Waals surface area contributed by atoms with E-state index in [-0.39, 0.29) is 16.9 Å². The summed E-state index contributed by atoms with van der Waals surface area (Å²) in [6.07, 6.45) is 6.84. The minimum atomic E-state index is -0.658. The van der Waals surface area contributed by atoms with E-state index in [0.717, 1.165) is 36.1 Å². The number of nitrogens with one attached hydrogen (secondary N) is 1. The van der Waals surface area contributed by atoms with E-state index in [1.54, 1.807) is 18.4 Å². The van der Waals surface area contributed by atoms with Crippen LogP contribution in [0.25, 0.3) is 0 Å². The molecule has 8 nitrogen and oxygen atoms in total. The van der Waals surface area contributed by atoms with Crippen molar-refractivity contribution in [3.63, 3.8) is 0 Å². The molecule has 1 aliphatic rings. The second-order valence-corrected chi connectivity index (χ2v) is 8.98. The fourth-order valence-corrected chi connectivity index (χ4v) is 5.20. The van der Waals surface area contributed by atoms with E-state index >= 15 is 0 Å². The van der Waals surface area contributed by atoms with Gasteiger partial charge in [0.05, 0.1) is 27.8 Å². The molecule has 0 bridgehead atoms. The number of carbonyl (C=O) groups is 1. The van der Waals surface area contributed by atoms with Crippen molar-refractivity contribution < 1.29 is 19.2 Å². The van der Waals surface area contributed by atoms with Crippen LogP contribution < -0.4 is 5.32 Å². The van der Waals surface area contributed by atoms with E-state index in [1.165, 1.54) is 29.7 Å². The molecule has 0 fully saturated rings. The Balaban J connectivity index is 1.66. The number of halogens is 1. The first-order valence-corrected chi connectivity index (χ1v) is 11.2. The van der Waals surface area contributed by atoms with Crippen LogP contribution >= 0.6 is 27.3 Å². The number of rotatable bonds is 6. The van der Waals surface area contributed by atoms with Crippen LogP contribution in [0.5, 0.6) is 5.75 Å². The molecule has 1 aromatic carbocycles. The Hall–Kier alpha value is -2.98. The van der Waals surface area contributed by atoms with Gasteiger partial charge in [-0.15, -0.1) is 11.3 Å². The Morgan fingerprint density at radius 2 is 2.19 bits per heavy atom. The summed E-state index contributed by atoms with van der Waals surface area (Å²) in [5.74, 6) is -0.00343. The summed E-state index contributed by atoms with van der Waals surface area (Å²) in [6.45, 7) is 0.275. The minimum absolute atomic E-state index is 0.199. The fraction of sp³-hybridized carbons (Fsp3) is 0.238. The number of carbonyl (C=O) groups excluding carboxylic acids is 1. The van der Waals surface area contributed by atoms with Gasteiger partial charge in [-0.25, -0.2) is 4.99 Å². The number of amides is 1. The molecule has 0 radical (unpaired) electrons. The maximum Gasteiger partial charge on any atom is 0.312 e. The van der Waals surface area contributed by atoms with Crippen molar-refractivity contribution in [1.29, 1.82) is 0 Å². The summed E-state index contributed by atoms with van der Waals surface area (Å²) in [5.41, 5.74) is 1.59. The molecule has 0 unspecified atom stereocenters. The number of hydrogen-bond acceptors (Lipinski definition) is 7. The van der Waals surface area contributed by atoms with E-state index < -0.39 is 16.4 Å². The number of nitro benzene ring substituents is 1. The molecular weight excluding hydrogens is 486 g/mol. The average Bonchev–Trinajstić information content (AvgIpc) is 3.40. The Kier molecular flexibility index (Phi) is 6.19. The van der Waals surface area contributed by atoms with Gasteiger partial charge in [-0.2, -0.15) is 0 Å².